The van der Waals surface area contributed by atoms with Crippen LogP contribution in [-0.2, 0) is 4.79 Å². The van der Waals surface area contributed by atoms with Crippen molar-refractivity contribution in [3.8, 4) is 0 Å². The van der Waals surface area contributed by atoms with E-state index in [1.807, 2.05) is 6.21 Å². The van der Waals surface area contributed by atoms with Gasteiger partial charge in [-0.15, -0.1) is 0 Å². The number of amides is 1. The van der Waals surface area contributed by atoms with Gasteiger partial charge in [0.2, 0.25) is 0 Å². The van der Waals surface area contributed by atoms with Gasteiger partial charge in [-0.25, -0.2) is 4.79 Å². The first-order chi connectivity index (χ1) is 3.93. The van der Waals surface area contributed by atoms with Crippen molar-refractivity contribution >= 4 is 12.6 Å². The van der Waals surface area contributed by atoms with Crippen molar-refractivity contribution in [2.45, 2.75) is 19.3 Å². The third-order valence-corrected chi connectivity index (χ3v) is 1.37. The van der Waals surface area contributed by atoms with E-state index in [0.717, 1.165) is 25.8 Å². The molecule has 0 aromatic rings. The Bertz CT molecular complexity index is 118. The molecule has 0 spiro atoms. The van der Waals surface area contributed by atoms with Crippen LogP contribution < -0.4 is 0 Å². The van der Waals surface area contributed by atoms with Gasteiger partial charge in [-0.3, -0.25) is 0 Å². The fourth-order valence-electron chi connectivity index (χ4n) is 0.883. The summed E-state index contributed by atoms with van der Waals surface area (Å²) in [5, 5.41) is 0. The van der Waals surface area contributed by atoms with Gasteiger partial charge in [0.25, 0.3) is 0 Å². The number of carbonyl (C=O) groups excluding carboxylic acids is 1. The summed E-state index contributed by atoms with van der Waals surface area (Å²) in [6.07, 6.45) is 6.31. The summed E-state index contributed by atoms with van der Waals surface area (Å²) in [6.45, 7) is 0.920. The van der Waals surface area contributed by atoms with Crippen molar-refractivity contribution in [1.29, 1.82) is 0 Å². The highest BCUT2D eigenvalue weighted by atomic mass is 16.2. The van der Waals surface area contributed by atoms with Crippen LogP contribution in [0.1, 0.15) is 19.3 Å². The smallest absolute Gasteiger partial charge is 0.223 e. The van der Waals surface area contributed by atoms with Crippen LogP contribution in [0.5, 0.6) is 0 Å². The zero-order valence-corrected chi connectivity index (χ0v) is 4.84. The first-order valence-electron chi connectivity index (χ1n) is 2.98. The minimum atomic E-state index is 0.888. The van der Waals surface area contributed by atoms with Crippen molar-refractivity contribution in [2.24, 2.45) is 0 Å². The predicted octanol–water partition coefficient (Wildman–Crippen LogP) is 0.410. The summed E-state index contributed by atoms with van der Waals surface area (Å²) in [7, 11) is 0. The van der Waals surface area contributed by atoms with Gasteiger partial charge >= 0.3 is 6.41 Å². The van der Waals surface area contributed by atoms with Crippen molar-refractivity contribution in [1.82, 2.24) is 0 Å². The van der Waals surface area contributed by atoms with Crippen LogP contribution in [0.25, 0.3) is 0 Å². The van der Waals surface area contributed by atoms with Gasteiger partial charge in [-0.05, 0) is 6.42 Å². The lowest BCUT2D eigenvalue weighted by Gasteiger charge is -1.99. The first kappa shape index (κ1) is 5.48. The molecule has 1 heterocycles. The largest absolute Gasteiger partial charge is 0.374 e. The molecule has 1 aliphatic rings. The van der Waals surface area contributed by atoms with E-state index in [4.69, 9.17) is 0 Å². The lowest BCUT2D eigenvalue weighted by atomic mass is 10.2. The molecule has 0 fully saturated rings. The standard InChI is InChI=1S/C6H10NO/c8-6-7-4-2-1-3-5-7/h4,6H,1-3,5H2/q+1/i6+1,7+1. The van der Waals surface area contributed by atoms with Crippen molar-refractivity contribution in [2.75, 3.05) is 6.54 Å². The van der Waals surface area contributed by atoms with E-state index in [1.165, 1.54) is 6.42 Å². The average Bonchev–Trinajstić information content (AvgIpc) is 1.90. The Morgan fingerprint density at radius 3 is 2.75 bits per heavy atom. The molecule has 0 bridgehead atoms. The van der Waals surface area contributed by atoms with E-state index in [-0.39, 0.29) is 0 Å². The molecule has 2 heteroatoms. The maximum absolute atomic E-state index is 10.1. The predicted molar refractivity (Wildman–Crippen MR) is 31.1 cm³/mol. The van der Waals surface area contributed by atoms with Gasteiger partial charge in [0.05, 0.1) is 0 Å². The van der Waals surface area contributed by atoms with Crippen LogP contribution >= 0.6 is 0 Å². The van der Waals surface area contributed by atoms with Crippen LogP contribution in [0.3, 0.4) is 0 Å². The zero-order valence-electron chi connectivity index (χ0n) is 4.84. The van der Waals surface area contributed by atoms with Crippen LogP contribution in [-0.4, -0.2) is 23.7 Å². The number of hydrogen-bond acceptors (Lipinski definition) is 1. The maximum Gasteiger partial charge on any atom is 0.374 e. The molecule has 0 aliphatic carbocycles. The minimum Gasteiger partial charge on any atom is -0.223 e. The molecule has 1 rings (SSSR count). The van der Waals surface area contributed by atoms with Gasteiger partial charge in [0.15, 0.2) is 6.54 Å². The minimum absolute atomic E-state index is 0.888. The van der Waals surface area contributed by atoms with E-state index in [9.17, 15) is 4.79 Å². The number of carbonyl (C=O) groups is 1. The third kappa shape index (κ3) is 1.15. The highest BCUT2D eigenvalue weighted by molar-refractivity contribution is 5.57. The van der Waals surface area contributed by atoms with Crippen LogP contribution in [0.15, 0.2) is 0 Å². The third-order valence-electron chi connectivity index (χ3n) is 1.37. The first-order valence-corrected chi connectivity index (χ1v) is 2.98. The highest BCUT2D eigenvalue weighted by Gasteiger charge is 2.05. The second-order valence-corrected chi connectivity index (χ2v) is 2.02. The summed E-state index contributed by atoms with van der Waals surface area (Å²) in [6, 6.07) is 0. The Labute approximate surface area is 48.8 Å². The Kier molecular flexibility index (Phi) is 1.78. The molecule has 8 heavy (non-hydrogen) atoms. The topological polar surface area (TPSA) is 20.1 Å². The molecule has 0 aromatic carbocycles. The molecule has 2 nitrogen and oxygen atoms in total. The normalized spacial score (nSPS) is 19.8. The Hall–Kier alpha value is -0.660. The second kappa shape index (κ2) is 2.60. The van der Waals surface area contributed by atoms with Gasteiger partial charge in [0.1, 0.15) is 6.21 Å². The van der Waals surface area contributed by atoms with Crippen LogP contribution in [0.4, 0.5) is 0 Å². The van der Waals surface area contributed by atoms with E-state index in [2.05, 4.69) is 0 Å². The summed E-state index contributed by atoms with van der Waals surface area (Å²) in [5.74, 6) is 0. The molecule has 0 unspecified atom stereocenters. The Morgan fingerprint density at radius 2 is 2.38 bits per heavy atom. The van der Waals surface area contributed by atoms with E-state index in [0.29, 0.717) is 0 Å². The molecule has 0 radical (unpaired) electrons. The Morgan fingerprint density at radius 1 is 1.50 bits per heavy atom. The van der Waals surface area contributed by atoms with E-state index < -0.39 is 0 Å². The van der Waals surface area contributed by atoms with Crippen LogP contribution in [0.2, 0.25) is 0 Å². The molecule has 44 valence electrons. The molecule has 0 aromatic heterocycles. The molecular weight excluding hydrogens is 104 g/mol. The molecule has 0 atom stereocenters. The molecule has 0 saturated carbocycles. The monoisotopic (exact) mass is 114 g/mol. The molecule has 1 amide bonds. The fourth-order valence-corrected chi connectivity index (χ4v) is 0.883. The van der Waals surface area contributed by atoms with Gasteiger partial charge < -0.3 is 0 Å². The lowest BCUT2D eigenvalue weighted by molar-refractivity contribution is -0.434. The number of nitrogens with zero attached hydrogens (tertiary/aromatic N) is 1. The maximum atomic E-state index is 10.1. The Balaban J connectivity index is 2.49. The number of hydrogen-bond donors (Lipinski definition) is 0. The highest BCUT2D eigenvalue weighted by Crippen LogP contribution is 1.97. The van der Waals surface area contributed by atoms with Gasteiger partial charge in [-0.2, -0.15) is 4.58 Å². The average molecular weight is 114 g/mol. The molecule has 1 aliphatic heterocycles. The summed E-state index contributed by atoms with van der Waals surface area (Å²) < 4.78 is 1.71. The summed E-state index contributed by atoms with van der Waals surface area (Å²) >= 11 is 0. The van der Waals surface area contributed by atoms with Crippen molar-refractivity contribution < 1.29 is 9.37 Å². The van der Waals surface area contributed by atoms with E-state index >= 15 is 0 Å². The lowest BCUT2D eigenvalue weighted by Crippen LogP contribution is -2.16. The number of rotatable bonds is 1. The molecule has 0 saturated heterocycles. The van der Waals surface area contributed by atoms with Crippen LogP contribution in [0, 0.1) is 0 Å². The fraction of sp³-hybridized carbons (Fsp3) is 0.667. The van der Waals surface area contributed by atoms with Gasteiger partial charge in [-0.1, -0.05) is 0 Å². The molecule has 0 N–H and O–H groups in total. The van der Waals surface area contributed by atoms with Crippen molar-refractivity contribution in [3.05, 3.63) is 0 Å². The summed E-state index contributed by atoms with van der Waals surface area (Å²) in [4.78, 5) is 10.1. The van der Waals surface area contributed by atoms with Gasteiger partial charge in [0, 0.05) is 12.8 Å². The second-order valence-electron chi connectivity index (χ2n) is 2.02. The van der Waals surface area contributed by atoms with E-state index in [1.54, 1.807) is 4.58 Å². The summed E-state index contributed by atoms with van der Waals surface area (Å²) in [5.41, 5.74) is 0. The quantitative estimate of drug-likeness (QED) is 0.209. The van der Waals surface area contributed by atoms with Crippen molar-refractivity contribution in [3.63, 3.8) is 0 Å². The zero-order chi connectivity index (χ0) is 5.82. The molecular formula is C6H10NO+. The SMILES string of the molecule is O=[13CH][15N+]1=CCCCC1.